The van der Waals surface area contributed by atoms with Gasteiger partial charge in [-0.3, -0.25) is 0 Å². The van der Waals surface area contributed by atoms with E-state index in [2.05, 4.69) is 26.7 Å². The van der Waals surface area contributed by atoms with Crippen LogP contribution in [0.25, 0.3) is 11.3 Å². The topological polar surface area (TPSA) is 70.0 Å². The maximum atomic E-state index is 6.17. The molecule has 7 heteroatoms. The van der Waals surface area contributed by atoms with Gasteiger partial charge in [0.05, 0.1) is 19.8 Å². The van der Waals surface area contributed by atoms with Gasteiger partial charge in [0.1, 0.15) is 5.69 Å². The predicted octanol–water partition coefficient (Wildman–Crippen LogP) is 3.04. The van der Waals surface area contributed by atoms with Gasteiger partial charge in [0, 0.05) is 6.20 Å². The van der Waals surface area contributed by atoms with Crippen LogP contribution in [0.1, 0.15) is 24.3 Å². The highest BCUT2D eigenvalue weighted by Gasteiger charge is 2.27. The highest BCUT2D eigenvalue weighted by molar-refractivity contribution is 6.30. The Morgan fingerprint density at radius 2 is 2.00 bits per heavy atom. The molecule has 0 unspecified atom stereocenters. The number of rotatable bonds is 4. The summed E-state index contributed by atoms with van der Waals surface area (Å²) in [5, 5.41) is 8.60. The van der Waals surface area contributed by atoms with E-state index < -0.39 is 0 Å². The number of hydrogen-bond donors (Lipinski definition) is 0. The summed E-state index contributed by atoms with van der Waals surface area (Å²) in [6.45, 7) is 3.96. The first-order chi connectivity index (χ1) is 10.6. The normalized spacial score (nSPS) is 14.6. The Kier molecular flexibility index (Phi) is 3.94. The van der Waals surface area contributed by atoms with Gasteiger partial charge in [-0.2, -0.15) is 4.98 Å². The predicted molar refractivity (Wildman–Crippen MR) is 82.3 cm³/mol. The van der Waals surface area contributed by atoms with E-state index in [0.29, 0.717) is 28.2 Å². The van der Waals surface area contributed by atoms with Gasteiger partial charge < -0.3 is 9.47 Å². The average molecular weight is 319 g/mol. The van der Waals surface area contributed by atoms with Crippen LogP contribution >= 0.6 is 11.6 Å². The summed E-state index contributed by atoms with van der Waals surface area (Å²) >= 11 is 6.17. The molecule has 6 nitrogen and oxygen atoms in total. The van der Waals surface area contributed by atoms with E-state index in [-0.39, 0.29) is 6.01 Å². The first-order valence-electron chi connectivity index (χ1n) is 6.77. The number of nitrogens with zero attached hydrogens (tertiary/aromatic N) is 4. The van der Waals surface area contributed by atoms with Gasteiger partial charge in [-0.1, -0.05) is 23.8 Å². The molecule has 1 aliphatic rings. The van der Waals surface area contributed by atoms with Gasteiger partial charge in [-0.25, -0.2) is 4.98 Å². The zero-order valence-corrected chi connectivity index (χ0v) is 13.1. The molecule has 1 aliphatic carbocycles. The summed E-state index contributed by atoms with van der Waals surface area (Å²) in [5.41, 5.74) is 3.46. The van der Waals surface area contributed by atoms with Crippen molar-refractivity contribution in [3.05, 3.63) is 35.1 Å². The second kappa shape index (κ2) is 5.88. The molecule has 22 heavy (non-hydrogen) atoms. The van der Waals surface area contributed by atoms with E-state index in [4.69, 9.17) is 21.1 Å². The number of allylic oxidation sites excluding steroid dienone is 1. The number of methoxy groups -OCH3 is 2. The Bertz CT molecular complexity index is 727. The molecule has 2 aromatic heterocycles. The molecular weight excluding hydrogens is 304 g/mol. The van der Waals surface area contributed by atoms with Crippen molar-refractivity contribution in [1.29, 1.82) is 0 Å². The molecule has 1 saturated carbocycles. The second-order valence-electron chi connectivity index (χ2n) is 5.11. The van der Waals surface area contributed by atoms with Crippen molar-refractivity contribution < 1.29 is 9.47 Å². The lowest BCUT2D eigenvalue weighted by Crippen LogP contribution is -2.13. The summed E-state index contributed by atoms with van der Waals surface area (Å²) in [5.74, 6) is 0.729. The standard InChI is InChI=1S/C15H15ClN4O2/c1-8-4-9(5-8)10-6-12(19-20-13(10)16)11-7-17-15(22-3)18-14(11)21-2/h6-7,9H,1,4-5H2,2-3H3. The van der Waals surface area contributed by atoms with Crippen molar-refractivity contribution in [1.82, 2.24) is 20.2 Å². The van der Waals surface area contributed by atoms with Crippen molar-refractivity contribution in [2.45, 2.75) is 18.8 Å². The summed E-state index contributed by atoms with van der Waals surface area (Å²) in [7, 11) is 3.03. The maximum Gasteiger partial charge on any atom is 0.319 e. The number of halogens is 1. The zero-order valence-electron chi connectivity index (χ0n) is 12.3. The van der Waals surface area contributed by atoms with Crippen LogP contribution in [0.3, 0.4) is 0 Å². The first-order valence-corrected chi connectivity index (χ1v) is 7.15. The zero-order chi connectivity index (χ0) is 15.7. The van der Waals surface area contributed by atoms with Gasteiger partial charge in [-0.15, -0.1) is 10.2 Å². The van der Waals surface area contributed by atoms with Gasteiger partial charge in [0.15, 0.2) is 5.15 Å². The van der Waals surface area contributed by atoms with Crippen LogP contribution in [-0.4, -0.2) is 34.4 Å². The van der Waals surface area contributed by atoms with Crippen molar-refractivity contribution in [3.8, 4) is 23.1 Å². The molecule has 2 heterocycles. The molecule has 3 rings (SSSR count). The Morgan fingerprint density at radius 3 is 2.64 bits per heavy atom. The second-order valence-corrected chi connectivity index (χ2v) is 5.47. The molecule has 0 amide bonds. The quantitative estimate of drug-likeness (QED) is 0.807. The molecular formula is C15H15ClN4O2. The lowest BCUT2D eigenvalue weighted by molar-refractivity contribution is 0.353. The van der Waals surface area contributed by atoms with Crippen molar-refractivity contribution in [2.24, 2.45) is 0 Å². The maximum absolute atomic E-state index is 6.17. The van der Waals surface area contributed by atoms with Crippen molar-refractivity contribution in [3.63, 3.8) is 0 Å². The highest BCUT2D eigenvalue weighted by Crippen LogP contribution is 2.43. The lowest BCUT2D eigenvalue weighted by Gasteiger charge is -2.29. The van der Waals surface area contributed by atoms with E-state index in [0.717, 1.165) is 18.4 Å². The van der Waals surface area contributed by atoms with Gasteiger partial charge >= 0.3 is 6.01 Å². The summed E-state index contributed by atoms with van der Waals surface area (Å²) in [6.07, 6.45) is 3.47. The summed E-state index contributed by atoms with van der Waals surface area (Å²) in [4.78, 5) is 8.26. The molecule has 0 bridgehead atoms. The fraction of sp³-hybridized carbons (Fsp3) is 0.333. The first kappa shape index (κ1) is 14.7. The van der Waals surface area contributed by atoms with Crippen LogP contribution in [0.2, 0.25) is 5.15 Å². The van der Waals surface area contributed by atoms with E-state index in [1.54, 1.807) is 6.20 Å². The Labute approximate surface area is 133 Å². The Morgan fingerprint density at radius 1 is 1.23 bits per heavy atom. The smallest absolute Gasteiger partial charge is 0.319 e. The molecule has 0 saturated heterocycles. The van der Waals surface area contributed by atoms with Gasteiger partial charge in [0.25, 0.3) is 0 Å². The van der Waals surface area contributed by atoms with Crippen LogP contribution < -0.4 is 9.47 Å². The van der Waals surface area contributed by atoms with Crippen molar-refractivity contribution >= 4 is 11.6 Å². The van der Waals surface area contributed by atoms with E-state index >= 15 is 0 Å². The van der Waals surface area contributed by atoms with Crippen LogP contribution in [0.5, 0.6) is 11.9 Å². The average Bonchev–Trinajstić information content (AvgIpc) is 2.52. The monoisotopic (exact) mass is 318 g/mol. The minimum atomic E-state index is 0.234. The lowest BCUT2D eigenvalue weighted by atomic mass is 9.77. The number of hydrogen-bond acceptors (Lipinski definition) is 6. The summed E-state index contributed by atoms with van der Waals surface area (Å²) in [6, 6.07) is 2.15. The minimum absolute atomic E-state index is 0.234. The molecule has 2 aromatic rings. The minimum Gasteiger partial charge on any atom is -0.480 e. The third kappa shape index (κ3) is 2.62. The van der Waals surface area contributed by atoms with Gasteiger partial charge in [-0.05, 0) is 30.4 Å². The van der Waals surface area contributed by atoms with Crippen LogP contribution in [-0.2, 0) is 0 Å². The van der Waals surface area contributed by atoms with E-state index in [1.807, 2.05) is 6.07 Å². The fourth-order valence-electron chi connectivity index (χ4n) is 2.45. The van der Waals surface area contributed by atoms with E-state index in [1.165, 1.54) is 19.8 Å². The van der Waals surface area contributed by atoms with Crippen molar-refractivity contribution in [2.75, 3.05) is 14.2 Å². The third-order valence-corrected chi connectivity index (χ3v) is 3.96. The molecule has 0 atom stereocenters. The Hall–Kier alpha value is -2.21. The van der Waals surface area contributed by atoms with Crippen LogP contribution in [0.4, 0.5) is 0 Å². The number of aromatic nitrogens is 4. The Balaban J connectivity index is 2.01. The van der Waals surface area contributed by atoms with Gasteiger partial charge in [0.2, 0.25) is 5.88 Å². The molecule has 0 aromatic carbocycles. The molecule has 0 spiro atoms. The molecule has 0 N–H and O–H groups in total. The molecule has 1 fully saturated rings. The van der Waals surface area contributed by atoms with Crippen LogP contribution in [0, 0.1) is 0 Å². The summed E-state index contributed by atoms with van der Waals surface area (Å²) < 4.78 is 10.3. The van der Waals surface area contributed by atoms with E-state index in [9.17, 15) is 0 Å². The largest absolute Gasteiger partial charge is 0.480 e. The molecule has 0 radical (unpaired) electrons. The van der Waals surface area contributed by atoms with Crippen LogP contribution in [0.15, 0.2) is 24.4 Å². The fourth-order valence-corrected chi connectivity index (χ4v) is 2.69. The number of ether oxygens (including phenoxy) is 2. The molecule has 0 aliphatic heterocycles. The molecule has 114 valence electrons. The third-order valence-electron chi connectivity index (χ3n) is 3.67. The SMILES string of the molecule is C=C1CC(c2cc(-c3cnc(OC)nc3OC)nnc2Cl)C1. The highest BCUT2D eigenvalue weighted by atomic mass is 35.5.